The van der Waals surface area contributed by atoms with Crippen LogP contribution in [-0.4, -0.2) is 34.3 Å². The van der Waals surface area contributed by atoms with E-state index in [9.17, 15) is 5.11 Å². The van der Waals surface area contributed by atoms with Gasteiger partial charge in [-0.1, -0.05) is 54.2 Å². The van der Waals surface area contributed by atoms with E-state index in [2.05, 4.69) is 10.2 Å². The lowest BCUT2D eigenvalue weighted by Crippen LogP contribution is -2.30. The van der Waals surface area contributed by atoms with Gasteiger partial charge < -0.3 is 19.0 Å². The molecule has 0 unspecified atom stereocenters. The molecule has 0 aliphatic carbocycles. The van der Waals surface area contributed by atoms with E-state index >= 15 is 0 Å². The zero-order valence-corrected chi connectivity index (χ0v) is 14.1. The molecule has 2 aromatic carbocycles. The number of hydrogen-bond acceptors (Lipinski definition) is 7. The summed E-state index contributed by atoms with van der Waals surface area (Å²) in [6, 6.07) is 16.7. The highest BCUT2D eigenvalue weighted by molar-refractivity contribution is 7.99. The van der Waals surface area contributed by atoms with Gasteiger partial charge in [-0.25, -0.2) is 0 Å². The minimum Gasteiger partial charge on any atom is -0.507 e. The molecule has 0 atom stereocenters. The van der Waals surface area contributed by atoms with Crippen molar-refractivity contribution < 1.29 is 19.0 Å². The van der Waals surface area contributed by atoms with Gasteiger partial charge in [-0.05, 0) is 12.1 Å². The van der Waals surface area contributed by atoms with E-state index in [0.29, 0.717) is 29.8 Å². The molecule has 1 aromatic heterocycles. The quantitative estimate of drug-likeness (QED) is 0.702. The molecule has 0 bridgehead atoms. The second-order valence-corrected chi connectivity index (χ2v) is 6.42. The van der Waals surface area contributed by atoms with Crippen molar-refractivity contribution >= 4 is 11.8 Å². The molecule has 6 nitrogen and oxygen atoms in total. The average Bonchev–Trinajstić information content (AvgIpc) is 3.32. The number of thioether (sulfide) groups is 1. The Labute approximate surface area is 148 Å². The molecule has 1 saturated heterocycles. The molecular weight excluding hydrogens is 340 g/mol. The van der Waals surface area contributed by atoms with Crippen LogP contribution >= 0.6 is 11.8 Å². The zero-order valence-electron chi connectivity index (χ0n) is 13.3. The zero-order chi connectivity index (χ0) is 17.1. The molecule has 0 amide bonds. The number of benzene rings is 2. The molecule has 7 heteroatoms. The number of hydrogen-bond donors (Lipinski definition) is 1. The molecule has 4 rings (SSSR count). The Balaban J connectivity index is 1.52. The molecule has 0 saturated carbocycles. The Morgan fingerprint density at radius 2 is 1.68 bits per heavy atom. The molecule has 25 heavy (non-hydrogen) atoms. The third-order valence-corrected chi connectivity index (χ3v) is 4.83. The predicted molar refractivity (Wildman–Crippen MR) is 92.1 cm³/mol. The van der Waals surface area contributed by atoms with Crippen molar-refractivity contribution in [2.24, 2.45) is 0 Å². The standard InChI is InChI=1S/C18H16N2O4S/c21-15-9-5-4-8-14(15)16-19-20-17(24-16)25-12-18(22-10-11-23-18)13-6-2-1-3-7-13/h1-9,21H,10-12H2. The Morgan fingerprint density at radius 1 is 0.960 bits per heavy atom. The van der Waals surface area contributed by atoms with Crippen LogP contribution in [0.1, 0.15) is 5.56 Å². The maximum atomic E-state index is 9.89. The van der Waals surface area contributed by atoms with Crippen molar-refractivity contribution in [1.82, 2.24) is 10.2 Å². The highest BCUT2D eigenvalue weighted by Gasteiger charge is 2.39. The second-order valence-electron chi connectivity index (χ2n) is 5.49. The van der Waals surface area contributed by atoms with E-state index in [0.717, 1.165) is 5.56 Å². The highest BCUT2D eigenvalue weighted by atomic mass is 32.2. The fourth-order valence-corrected chi connectivity index (χ4v) is 3.55. The smallest absolute Gasteiger partial charge is 0.277 e. The number of para-hydroxylation sites is 1. The topological polar surface area (TPSA) is 77.6 Å². The van der Waals surface area contributed by atoms with Crippen LogP contribution in [0.25, 0.3) is 11.5 Å². The van der Waals surface area contributed by atoms with Crippen LogP contribution in [-0.2, 0) is 15.3 Å². The van der Waals surface area contributed by atoms with Gasteiger partial charge in [0, 0.05) is 5.56 Å². The molecule has 1 aliphatic heterocycles. The van der Waals surface area contributed by atoms with Crippen LogP contribution in [0.3, 0.4) is 0 Å². The third kappa shape index (κ3) is 3.26. The first-order valence-corrected chi connectivity index (χ1v) is 8.83. The first-order valence-electron chi connectivity index (χ1n) is 7.85. The minimum absolute atomic E-state index is 0.103. The van der Waals surface area contributed by atoms with Crippen LogP contribution in [0.5, 0.6) is 5.75 Å². The Bertz CT molecular complexity index is 847. The molecule has 1 aliphatic rings. The van der Waals surface area contributed by atoms with E-state index < -0.39 is 5.79 Å². The summed E-state index contributed by atoms with van der Waals surface area (Å²) in [6.45, 7) is 1.09. The molecule has 2 heterocycles. The second kappa shape index (κ2) is 6.87. The van der Waals surface area contributed by atoms with Crippen LogP contribution in [0.2, 0.25) is 0 Å². The van der Waals surface area contributed by atoms with Gasteiger partial charge in [0.1, 0.15) is 5.75 Å². The maximum Gasteiger partial charge on any atom is 0.277 e. The normalized spacial score (nSPS) is 16.2. The number of ether oxygens (including phenoxy) is 2. The lowest BCUT2D eigenvalue weighted by atomic mass is 10.1. The van der Waals surface area contributed by atoms with E-state index in [-0.39, 0.29) is 11.6 Å². The van der Waals surface area contributed by atoms with Crippen molar-refractivity contribution in [2.75, 3.05) is 19.0 Å². The molecule has 3 aromatic rings. The molecule has 1 fully saturated rings. The maximum absolute atomic E-state index is 9.89. The summed E-state index contributed by atoms with van der Waals surface area (Å²) >= 11 is 1.36. The summed E-state index contributed by atoms with van der Waals surface area (Å²) in [5, 5.41) is 18.3. The fourth-order valence-electron chi connectivity index (χ4n) is 2.67. The van der Waals surface area contributed by atoms with Crippen LogP contribution in [0.15, 0.2) is 64.2 Å². The van der Waals surface area contributed by atoms with E-state index in [4.69, 9.17) is 13.9 Å². The number of aromatic nitrogens is 2. The lowest BCUT2D eigenvalue weighted by Gasteiger charge is -2.26. The summed E-state index contributed by atoms with van der Waals surface area (Å²) in [5.41, 5.74) is 1.47. The third-order valence-electron chi connectivity index (χ3n) is 3.89. The largest absolute Gasteiger partial charge is 0.507 e. The lowest BCUT2D eigenvalue weighted by molar-refractivity contribution is -0.145. The van der Waals surface area contributed by atoms with Crippen LogP contribution in [0, 0.1) is 0 Å². The van der Waals surface area contributed by atoms with Crippen molar-refractivity contribution in [3.05, 3.63) is 60.2 Å². The van der Waals surface area contributed by atoms with Gasteiger partial charge in [0.05, 0.1) is 24.5 Å². The van der Waals surface area contributed by atoms with Gasteiger partial charge >= 0.3 is 0 Å². The number of nitrogens with zero attached hydrogens (tertiary/aromatic N) is 2. The molecule has 0 spiro atoms. The molecule has 0 radical (unpaired) electrons. The van der Waals surface area contributed by atoms with E-state index in [1.807, 2.05) is 30.3 Å². The summed E-state index contributed by atoms with van der Waals surface area (Å²) in [4.78, 5) is 0. The molecular formula is C18H16N2O4S. The summed E-state index contributed by atoms with van der Waals surface area (Å²) in [6.07, 6.45) is 0. The molecule has 1 N–H and O–H groups in total. The summed E-state index contributed by atoms with van der Waals surface area (Å²) in [7, 11) is 0. The Hall–Kier alpha value is -2.35. The number of rotatable bonds is 5. The Kier molecular flexibility index (Phi) is 4.44. The SMILES string of the molecule is Oc1ccccc1-c1nnc(SCC2(c3ccccc3)OCCO2)o1. The van der Waals surface area contributed by atoms with Gasteiger partial charge in [0.2, 0.25) is 5.79 Å². The summed E-state index contributed by atoms with van der Waals surface area (Å²) in [5.74, 6) is 0.0584. The first-order chi connectivity index (χ1) is 12.3. The van der Waals surface area contributed by atoms with Gasteiger partial charge in [0.15, 0.2) is 0 Å². The monoisotopic (exact) mass is 356 g/mol. The van der Waals surface area contributed by atoms with Gasteiger partial charge in [-0.3, -0.25) is 0 Å². The summed E-state index contributed by atoms with van der Waals surface area (Å²) < 4.78 is 17.4. The highest BCUT2D eigenvalue weighted by Crippen LogP contribution is 2.37. The Morgan fingerprint density at radius 3 is 2.44 bits per heavy atom. The van der Waals surface area contributed by atoms with E-state index in [1.54, 1.807) is 24.3 Å². The number of phenolic OH excluding ortho intramolecular Hbond substituents is 1. The fraction of sp³-hybridized carbons (Fsp3) is 0.222. The van der Waals surface area contributed by atoms with Crippen molar-refractivity contribution in [1.29, 1.82) is 0 Å². The van der Waals surface area contributed by atoms with Crippen LogP contribution < -0.4 is 0 Å². The number of aromatic hydroxyl groups is 1. The van der Waals surface area contributed by atoms with Gasteiger partial charge in [-0.15, -0.1) is 10.2 Å². The van der Waals surface area contributed by atoms with Crippen molar-refractivity contribution in [3.8, 4) is 17.2 Å². The van der Waals surface area contributed by atoms with Crippen molar-refractivity contribution in [3.63, 3.8) is 0 Å². The molecule has 128 valence electrons. The van der Waals surface area contributed by atoms with Crippen molar-refractivity contribution in [2.45, 2.75) is 11.0 Å². The predicted octanol–water partition coefficient (Wildman–Crippen LogP) is 3.43. The average molecular weight is 356 g/mol. The van der Waals surface area contributed by atoms with Gasteiger partial charge in [0.25, 0.3) is 11.1 Å². The van der Waals surface area contributed by atoms with E-state index in [1.165, 1.54) is 11.8 Å². The van der Waals surface area contributed by atoms with Crippen LogP contribution in [0.4, 0.5) is 0 Å². The van der Waals surface area contributed by atoms with Gasteiger partial charge in [-0.2, -0.15) is 0 Å². The number of phenols is 1. The first kappa shape index (κ1) is 16.1. The minimum atomic E-state index is -0.810.